The predicted octanol–water partition coefficient (Wildman–Crippen LogP) is 2.38. The highest BCUT2D eigenvalue weighted by molar-refractivity contribution is 6.20. The molecule has 100 valence electrons. The van der Waals surface area contributed by atoms with Crippen molar-refractivity contribution < 1.29 is 14.6 Å². The first-order chi connectivity index (χ1) is 9.00. The number of carbonyl (C=O) groups is 1. The van der Waals surface area contributed by atoms with E-state index in [0.717, 1.165) is 11.4 Å². The maximum atomic E-state index is 11.2. The molecular formula is C14H17N2O3+. The molecule has 0 spiro atoms. The molecule has 1 aliphatic rings. The summed E-state index contributed by atoms with van der Waals surface area (Å²) >= 11 is 0. The van der Waals surface area contributed by atoms with E-state index in [-0.39, 0.29) is 10.2 Å². The number of quaternary nitrogens is 1. The van der Waals surface area contributed by atoms with Crippen molar-refractivity contribution in [2.45, 2.75) is 13.3 Å². The van der Waals surface area contributed by atoms with Gasteiger partial charge in [0, 0.05) is 12.1 Å². The maximum absolute atomic E-state index is 11.2. The largest absolute Gasteiger partial charge is 0.497 e. The van der Waals surface area contributed by atoms with Crippen LogP contribution in [0, 0.1) is 0 Å². The van der Waals surface area contributed by atoms with Crippen LogP contribution in [0.15, 0.2) is 41.1 Å². The third kappa shape index (κ3) is 2.37. The first-order valence-electron chi connectivity index (χ1n) is 6.06. The lowest BCUT2D eigenvalue weighted by molar-refractivity contribution is -0.132. The monoisotopic (exact) mass is 261 g/mol. The summed E-state index contributed by atoms with van der Waals surface area (Å²) in [4.78, 5) is 11.2. The second-order valence-corrected chi connectivity index (χ2v) is 4.47. The second-order valence-electron chi connectivity index (χ2n) is 4.47. The predicted molar refractivity (Wildman–Crippen MR) is 74.2 cm³/mol. The Bertz CT molecular complexity index is 561. The number of hydrogen-bond acceptors (Lipinski definition) is 3. The molecule has 1 atom stereocenters. The fourth-order valence-corrected chi connectivity index (χ4v) is 2.12. The Hall–Kier alpha value is -2.14. The fourth-order valence-electron chi connectivity index (χ4n) is 2.12. The van der Waals surface area contributed by atoms with Gasteiger partial charge < -0.3 is 9.84 Å². The molecule has 0 radical (unpaired) electrons. The van der Waals surface area contributed by atoms with E-state index in [4.69, 9.17) is 4.74 Å². The summed E-state index contributed by atoms with van der Waals surface area (Å²) in [5.74, 6) is -0.173. The van der Waals surface area contributed by atoms with E-state index in [9.17, 15) is 9.90 Å². The molecule has 0 fully saturated rings. The van der Waals surface area contributed by atoms with Crippen LogP contribution in [0.25, 0.3) is 0 Å². The number of methoxy groups -OCH3 is 1. The minimum Gasteiger partial charge on any atom is -0.497 e. The number of rotatable bonds is 4. The number of hydrogen-bond donors (Lipinski definition) is 1. The summed E-state index contributed by atoms with van der Waals surface area (Å²) < 4.78 is 5.23. The lowest BCUT2D eigenvalue weighted by atomic mass is 10.1. The van der Waals surface area contributed by atoms with Crippen LogP contribution in [0.5, 0.6) is 5.75 Å². The van der Waals surface area contributed by atoms with Crippen LogP contribution in [-0.4, -0.2) is 30.9 Å². The lowest BCUT2D eigenvalue weighted by Gasteiger charge is -2.19. The molecule has 0 saturated carbocycles. The summed E-state index contributed by atoms with van der Waals surface area (Å²) in [6.45, 7) is 1.90. The highest BCUT2D eigenvalue weighted by atomic mass is 16.5. The number of carboxylic acids is 1. The van der Waals surface area contributed by atoms with Crippen LogP contribution in [0.2, 0.25) is 0 Å². The van der Waals surface area contributed by atoms with Crippen molar-refractivity contribution in [1.82, 2.24) is 4.59 Å². The standard InChI is InChI=1S/C14H16N2O3/c1-4-13-12(14(17)18)9-16(2,15-13)10-5-7-11(19-3)8-6-10/h5-9H,4H2,1-3H3/p+1. The SMILES string of the molecule is CCC1=N[N+](C)(c2ccc(OC)cc2)C=C1C(=O)O. The van der Waals surface area contributed by atoms with E-state index in [1.807, 2.05) is 38.2 Å². The molecule has 1 N–H and O–H groups in total. The van der Waals surface area contributed by atoms with E-state index in [1.165, 1.54) is 0 Å². The average molecular weight is 261 g/mol. The highest BCUT2D eigenvalue weighted by Crippen LogP contribution is 2.30. The van der Waals surface area contributed by atoms with Crippen molar-refractivity contribution >= 4 is 17.4 Å². The summed E-state index contributed by atoms with van der Waals surface area (Å²) in [7, 11) is 3.46. The molecule has 1 unspecified atom stereocenters. The van der Waals surface area contributed by atoms with Crippen LogP contribution in [0.1, 0.15) is 13.3 Å². The van der Waals surface area contributed by atoms with Gasteiger partial charge in [0.05, 0.1) is 7.11 Å². The van der Waals surface area contributed by atoms with Crippen molar-refractivity contribution in [3.8, 4) is 5.75 Å². The second kappa shape index (κ2) is 4.85. The van der Waals surface area contributed by atoms with Gasteiger partial charge in [-0.3, -0.25) is 0 Å². The van der Waals surface area contributed by atoms with E-state index in [0.29, 0.717) is 12.1 Å². The summed E-state index contributed by atoms with van der Waals surface area (Å²) in [6, 6.07) is 7.45. The number of ether oxygens (including phenoxy) is 1. The molecule has 2 rings (SSSR count). The first kappa shape index (κ1) is 13.3. The maximum Gasteiger partial charge on any atom is 0.343 e. The minimum absolute atomic E-state index is 0.120. The zero-order valence-corrected chi connectivity index (χ0v) is 11.3. The summed E-state index contributed by atoms with van der Waals surface area (Å²) in [6.07, 6.45) is 2.26. The third-order valence-electron chi connectivity index (χ3n) is 3.18. The molecule has 0 saturated heterocycles. The van der Waals surface area contributed by atoms with E-state index < -0.39 is 5.97 Å². The topological polar surface area (TPSA) is 58.9 Å². The van der Waals surface area contributed by atoms with Gasteiger partial charge in [-0.1, -0.05) is 12.0 Å². The van der Waals surface area contributed by atoms with Crippen LogP contribution in [0.3, 0.4) is 0 Å². The number of benzene rings is 1. The van der Waals surface area contributed by atoms with Gasteiger partial charge in [0.1, 0.15) is 30.3 Å². The van der Waals surface area contributed by atoms with E-state index in [2.05, 4.69) is 5.10 Å². The van der Waals surface area contributed by atoms with Crippen LogP contribution < -0.4 is 9.33 Å². The van der Waals surface area contributed by atoms with Crippen LogP contribution >= 0.6 is 0 Å². The van der Waals surface area contributed by atoms with Gasteiger partial charge >= 0.3 is 5.97 Å². The Labute approximate surface area is 112 Å². The van der Waals surface area contributed by atoms with Crippen molar-refractivity contribution in [2.75, 3.05) is 14.2 Å². The van der Waals surface area contributed by atoms with Crippen molar-refractivity contribution in [3.63, 3.8) is 0 Å². The summed E-state index contributed by atoms with van der Waals surface area (Å²) in [5.41, 5.74) is 1.79. The zero-order valence-electron chi connectivity index (χ0n) is 11.3. The minimum atomic E-state index is -0.934. The number of aliphatic carboxylic acids is 1. The zero-order chi connectivity index (χ0) is 14.0. The van der Waals surface area contributed by atoms with Crippen molar-refractivity contribution in [3.05, 3.63) is 36.0 Å². The van der Waals surface area contributed by atoms with Gasteiger partial charge in [-0.2, -0.15) is 0 Å². The Balaban J connectivity index is 2.43. The third-order valence-corrected chi connectivity index (χ3v) is 3.18. The Morgan fingerprint density at radius 2 is 2.00 bits per heavy atom. The smallest absolute Gasteiger partial charge is 0.343 e. The van der Waals surface area contributed by atoms with E-state index in [1.54, 1.807) is 13.3 Å². The highest BCUT2D eigenvalue weighted by Gasteiger charge is 2.35. The van der Waals surface area contributed by atoms with Crippen LogP contribution in [-0.2, 0) is 4.79 Å². The fraction of sp³-hybridized carbons (Fsp3) is 0.286. The molecule has 0 bridgehead atoms. The molecule has 1 heterocycles. The Kier molecular flexibility index (Phi) is 3.40. The Morgan fingerprint density at radius 1 is 1.37 bits per heavy atom. The molecule has 0 amide bonds. The van der Waals surface area contributed by atoms with Crippen LogP contribution in [0.4, 0.5) is 5.69 Å². The van der Waals surface area contributed by atoms with Gasteiger partial charge in [-0.05, 0) is 18.6 Å². The molecule has 0 aromatic heterocycles. The molecule has 1 aromatic carbocycles. The van der Waals surface area contributed by atoms with Gasteiger partial charge in [0.25, 0.3) is 0 Å². The normalized spacial score (nSPS) is 21.8. The number of carboxylic acid groups (broad SMARTS) is 1. The number of nitrogens with zero attached hydrogens (tertiary/aromatic N) is 2. The molecule has 5 heteroatoms. The molecule has 1 aliphatic heterocycles. The van der Waals surface area contributed by atoms with Crippen molar-refractivity contribution in [1.29, 1.82) is 0 Å². The van der Waals surface area contributed by atoms with Gasteiger partial charge in [-0.15, -0.1) is 4.59 Å². The molecule has 1 aromatic rings. The van der Waals surface area contributed by atoms with E-state index >= 15 is 0 Å². The lowest BCUT2D eigenvalue weighted by Crippen LogP contribution is -2.30. The first-order valence-corrected chi connectivity index (χ1v) is 6.06. The van der Waals surface area contributed by atoms with Gasteiger partial charge in [-0.25, -0.2) is 4.79 Å². The molecular weight excluding hydrogens is 244 g/mol. The molecule has 19 heavy (non-hydrogen) atoms. The summed E-state index contributed by atoms with van der Waals surface area (Å²) in [5, 5.41) is 13.7. The van der Waals surface area contributed by atoms with Gasteiger partial charge in [0.2, 0.25) is 0 Å². The quantitative estimate of drug-likeness (QED) is 0.846. The average Bonchev–Trinajstić information content (AvgIpc) is 2.78. The van der Waals surface area contributed by atoms with Crippen molar-refractivity contribution in [2.24, 2.45) is 5.10 Å². The Morgan fingerprint density at radius 3 is 2.42 bits per heavy atom. The molecule has 5 nitrogen and oxygen atoms in total. The molecule has 0 aliphatic carbocycles. The van der Waals surface area contributed by atoms with Gasteiger partial charge in [0.15, 0.2) is 5.69 Å².